The molecule has 19 heavy (non-hydrogen) atoms. The summed E-state index contributed by atoms with van der Waals surface area (Å²) in [4.78, 5) is 16.9. The van der Waals surface area contributed by atoms with Gasteiger partial charge in [-0.2, -0.15) is 0 Å². The minimum absolute atomic E-state index is 0.0582. The molecular formula is C15H21N3O. The number of aromatic nitrogens is 2. The number of benzene rings is 1. The van der Waals surface area contributed by atoms with Crippen molar-refractivity contribution in [2.75, 3.05) is 0 Å². The number of aromatic amines is 2. The van der Waals surface area contributed by atoms with Crippen molar-refractivity contribution >= 4 is 11.0 Å². The molecule has 1 unspecified atom stereocenters. The Bertz CT molecular complexity index is 634. The second-order valence-corrected chi connectivity index (χ2v) is 5.78. The number of fused-ring (bicyclic) bond motifs is 1. The molecular weight excluding hydrogens is 238 g/mol. The Balaban J connectivity index is 2.00. The fourth-order valence-electron chi connectivity index (χ4n) is 3.56. The number of nitrogens with two attached hydrogens (primary N) is 1. The third-order valence-corrected chi connectivity index (χ3v) is 4.86. The van der Waals surface area contributed by atoms with Crippen molar-refractivity contribution in [2.45, 2.75) is 45.1 Å². The molecule has 1 aromatic heterocycles. The van der Waals surface area contributed by atoms with Crippen molar-refractivity contribution in [3.63, 3.8) is 0 Å². The molecule has 4 heteroatoms. The smallest absolute Gasteiger partial charge is 0.323 e. The first-order chi connectivity index (χ1) is 9.14. The standard InChI is InChI=1S/C15H21N3O/c1-2-15(7-3-4-8-15)13(16)10-5-6-11-12(9-10)18-14(19)17-11/h5-6,9,13H,2-4,7-8,16H2,1H3,(H2,17,18,19). The van der Waals surface area contributed by atoms with E-state index in [1.54, 1.807) is 0 Å². The van der Waals surface area contributed by atoms with E-state index < -0.39 is 0 Å². The summed E-state index contributed by atoms with van der Waals surface area (Å²) in [5.41, 5.74) is 9.45. The van der Waals surface area contributed by atoms with Gasteiger partial charge in [-0.05, 0) is 42.4 Å². The minimum atomic E-state index is -0.160. The van der Waals surface area contributed by atoms with Gasteiger partial charge < -0.3 is 15.7 Å². The van der Waals surface area contributed by atoms with E-state index in [4.69, 9.17) is 5.73 Å². The first-order valence-corrected chi connectivity index (χ1v) is 7.12. The molecule has 1 atom stereocenters. The van der Waals surface area contributed by atoms with Crippen LogP contribution in [0, 0.1) is 5.41 Å². The third kappa shape index (κ3) is 2.00. The van der Waals surface area contributed by atoms with Crippen LogP contribution in [0.3, 0.4) is 0 Å². The van der Waals surface area contributed by atoms with Crippen molar-refractivity contribution < 1.29 is 0 Å². The molecule has 1 aliphatic carbocycles. The lowest BCUT2D eigenvalue weighted by atomic mass is 9.74. The summed E-state index contributed by atoms with van der Waals surface area (Å²) in [5.74, 6) is 0. The van der Waals surface area contributed by atoms with Crippen LogP contribution >= 0.6 is 0 Å². The Morgan fingerprint density at radius 1 is 1.26 bits per heavy atom. The largest absolute Gasteiger partial charge is 0.323 e. The zero-order valence-corrected chi connectivity index (χ0v) is 11.3. The van der Waals surface area contributed by atoms with Gasteiger partial charge in [-0.15, -0.1) is 0 Å². The highest BCUT2D eigenvalue weighted by molar-refractivity contribution is 5.75. The highest BCUT2D eigenvalue weighted by atomic mass is 16.1. The molecule has 0 aliphatic heterocycles. The Morgan fingerprint density at radius 2 is 1.95 bits per heavy atom. The van der Waals surface area contributed by atoms with Gasteiger partial charge in [0.05, 0.1) is 11.0 Å². The van der Waals surface area contributed by atoms with Crippen molar-refractivity contribution in [2.24, 2.45) is 11.1 Å². The number of H-pyrrole nitrogens is 2. The SMILES string of the molecule is CCC1(C(N)c2ccc3[nH]c(=O)[nH]c3c2)CCCC1. The topological polar surface area (TPSA) is 74.7 Å². The summed E-state index contributed by atoms with van der Waals surface area (Å²) >= 11 is 0. The van der Waals surface area contributed by atoms with E-state index in [1.165, 1.54) is 25.7 Å². The Morgan fingerprint density at radius 3 is 2.63 bits per heavy atom. The van der Waals surface area contributed by atoms with E-state index in [2.05, 4.69) is 16.9 Å². The fourth-order valence-corrected chi connectivity index (χ4v) is 3.56. The van der Waals surface area contributed by atoms with Crippen LogP contribution < -0.4 is 11.4 Å². The minimum Gasteiger partial charge on any atom is -0.323 e. The predicted molar refractivity (Wildman–Crippen MR) is 77.0 cm³/mol. The molecule has 0 spiro atoms. The van der Waals surface area contributed by atoms with Crippen LogP contribution in [-0.4, -0.2) is 9.97 Å². The summed E-state index contributed by atoms with van der Waals surface area (Å²) in [6.45, 7) is 2.24. The van der Waals surface area contributed by atoms with E-state index in [9.17, 15) is 4.79 Å². The molecule has 1 saturated carbocycles. The van der Waals surface area contributed by atoms with Gasteiger partial charge in [-0.25, -0.2) is 4.79 Å². The Labute approximate surface area is 112 Å². The van der Waals surface area contributed by atoms with Gasteiger partial charge in [-0.1, -0.05) is 25.8 Å². The average molecular weight is 259 g/mol. The lowest BCUT2D eigenvalue weighted by Gasteiger charge is -2.34. The monoisotopic (exact) mass is 259 g/mol. The average Bonchev–Trinajstić information content (AvgIpc) is 3.02. The maximum atomic E-state index is 11.3. The zero-order chi connectivity index (χ0) is 13.5. The molecule has 0 saturated heterocycles. The Hall–Kier alpha value is -1.55. The molecule has 2 aromatic rings. The van der Waals surface area contributed by atoms with Crippen molar-refractivity contribution in [3.05, 3.63) is 34.2 Å². The van der Waals surface area contributed by atoms with Crippen LogP contribution in [0.15, 0.2) is 23.0 Å². The molecule has 3 rings (SSSR count). The van der Waals surface area contributed by atoms with E-state index in [1.807, 2.05) is 18.2 Å². The van der Waals surface area contributed by atoms with E-state index in [0.29, 0.717) is 0 Å². The van der Waals surface area contributed by atoms with Gasteiger partial charge in [-0.3, -0.25) is 0 Å². The van der Waals surface area contributed by atoms with Crippen LogP contribution in [0.1, 0.15) is 50.6 Å². The third-order valence-electron chi connectivity index (χ3n) is 4.86. The van der Waals surface area contributed by atoms with Crippen LogP contribution in [0.4, 0.5) is 0 Å². The zero-order valence-electron chi connectivity index (χ0n) is 11.3. The van der Waals surface area contributed by atoms with Crippen LogP contribution in [0.25, 0.3) is 11.0 Å². The maximum absolute atomic E-state index is 11.3. The lowest BCUT2D eigenvalue weighted by Crippen LogP contribution is -2.31. The van der Waals surface area contributed by atoms with Gasteiger partial charge in [0, 0.05) is 6.04 Å². The number of rotatable bonds is 3. The first-order valence-electron chi connectivity index (χ1n) is 7.12. The first kappa shape index (κ1) is 12.5. The molecule has 1 aliphatic rings. The second kappa shape index (κ2) is 4.53. The van der Waals surface area contributed by atoms with Crippen molar-refractivity contribution in [1.82, 2.24) is 9.97 Å². The fraction of sp³-hybridized carbons (Fsp3) is 0.533. The molecule has 0 radical (unpaired) electrons. The maximum Gasteiger partial charge on any atom is 0.323 e. The molecule has 1 fully saturated rings. The molecule has 1 heterocycles. The normalized spacial score (nSPS) is 19.9. The summed E-state index contributed by atoms with van der Waals surface area (Å²) in [7, 11) is 0. The summed E-state index contributed by atoms with van der Waals surface area (Å²) < 4.78 is 0. The van der Waals surface area contributed by atoms with Gasteiger partial charge >= 0.3 is 5.69 Å². The molecule has 102 valence electrons. The molecule has 4 N–H and O–H groups in total. The summed E-state index contributed by atoms with van der Waals surface area (Å²) in [5, 5.41) is 0. The lowest BCUT2D eigenvalue weighted by molar-refractivity contribution is 0.222. The van der Waals surface area contributed by atoms with Crippen molar-refractivity contribution in [1.29, 1.82) is 0 Å². The number of hydrogen-bond donors (Lipinski definition) is 3. The summed E-state index contributed by atoms with van der Waals surface area (Å²) in [6.07, 6.45) is 6.12. The quantitative estimate of drug-likeness (QED) is 0.793. The molecule has 1 aromatic carbocycles. The number of imidazole rings is 1. The molecule has 0 amide bonds. The second-order valence-electron chi connectivity index (χ2n) is 5.78. The van der Waals surface area contributed by atoms with Crippen LogP contribution in [-0.2, 0) is 0 Å². The predicted octanol–water partition coefficient (Wildman–Crippen LogP) is 2.83. The van der Waals surface area contributed by atoms with Gasteiger partial charge in [0.1, 0.15) is 0 Å². The highest BCUT2D eigenvalue weighted by Gasteiger charge is 2.38. The van der Waals surface area contributed by atoms with Gasteiger partial charge in [0.15, 0.2) is 0 Å². The Kier molecular flexibility index (Phi) is 2.97. The van der Waals surface area contributed by atoms with Gasteiger partial charge in [0.25, 0.3) is 0 Å². The van der Waals surface area contributed by atoms with Gasteiger partial charge in [0.2, 0.25) is 0 Å². The van der Waals surface area contributed by atoms with E-state index >= 15 is 0 Å². The van der Waals surface area contributed by atoms with E-state index in [-0.39, 0.29) is 17.1 Å². The molecule has 0 bridgehead atoms. The summed E-state index contributed by atoms with van der Waals surface area (Å²) in [6, 6.07) is 6.07. The number of nitrogens with one attached hydrogen (secondary N) is 2. The highest BCUT2D eigenvalue weighted by Crippen LogP contribution is 2.48. The molecule has 4 nitrogen and oxygen atoms in total. The van der Waals surface area contributed by atoms with Crippen molar-refractivity contribution in [3.8, 4) is 0 Å². The number of hydrogen-bond acceptors (Lipinski definition) is 2. The van der Waals surface area contributed by atoms with Crippen LogP contribution in [0.5, 0.6) is 0 Å². The van der Waals surface area contributed by atoms with E-state index in [0.717, 1.165) is 23.0 Å². The van der Waals surface area contributed by atoms with Crippen LogP contribution in [0.2, 0.25) is 0 Å².